The molecule has 2 fully saturated rings. The monoisotopic (exact) mass is 390 g/mol. The van der Waals surface area contributed by atoms with E-state index in [0.29, 0.717) is 28.3 Å². The molecule has 0 spiro atoms. The molecule has 0 radical (unpaired) electrons. The van der Waals surface area contributed by atoms with Crippen LogP contribution >= 0.6 is 11.6 Å². The minimum absolute atomic E-state index is 0.315. The third-order valence-electron chi connectivity index (χ3n) is 5.26. The molecule has 0 saturated heterocycles. The first-order chi connectivity index (χ1) is 13.1. The highest BCUT2D eigenvalue weighted by Gasteiger charge is 2.42. The summed E-state index contributed by atoms with van der Waals surface area (Å²) in [6.45, 7) is 0. The average Bonchev–Trinajstić information content (AvgIpc) is 3.39. The fourth-order valence-corrected chi connectivity index (χ4v) is 3.87. The lowest BCUT2D eigenvalue weighted by molar-refractivity contribution is 0.173. The maximum atomic E-state index is 12.7. The Morgan fingerprint density at radius 1 is 1.30 bits per heavy atom. The second kappa shape index (κ2) is 7.38. The molecule has 8 heteroatoms. The van der Waals surface area contributed by atoms with Gasteiger partial charge in [0.2, 0.25) is 0 Å². The van der Waals surface area contributed by atoms with Crippen molar-refractivity contribution in [3.05, 3.63) is 34.9 Å². The molecule has 7 nitrogen and oxygen atoms in total. The van der Waals surface area contributed by atoms with Crippen LogP contribution in [-0.2, 0) is 5.54 Å². The number of aromatic nitrogens is 2. The number of halogens is 1. The Balaban J connectivity index is 1.50. The number of amides is 2. The summed E-state index contributed by atoms with van der Waals surface area (Å²) >= 11 is 6.14. The van der Waals surface area contributed by atoms with E-state index in [1.807, 2.05) is 0 Å². The van der Waals surface area contributed by atoms with E-state index in [1.54, 1.807) is 25.3 Å². The molecule has 1 aromatic carbocycles. The van der Waals surface area contributed by atoms with Crippen LogP contribution in [0.5, 0.6) is 5.75 Å². The predicted molar refractivity (Wildman–Crippen MR) is 101 cm³/mol. The number of benzene rings is 1. The summed E-state index contributed by atoms with van der Waals surface area (Å²) in [4.78, 5) is 17.3. The quantitative estimate of drug-likeness (QED) is 0.779. The molecule has 1 heterocycles. The van der Waals surface area contributed by atoms with Crippen LogP contribution in [0, 0.1) is 0 Å². The van der Waals surface area contributed by atoms with Gasteiger partial charge >= 0.3 is 6.03 Å². The van der Waals surface area contributed by atoms with Gasteiger partial charge < -0.3 is 19.9 Å². The first kappa shape index (κ1) is 18.1. The zero-order valence-electron chi connectivity index (χ0n) is 15.3. The number of carbonyl (C=O) groups is 1. The number of carbonyl (C=O) groups excluding carboxylic acids is 1. The van der Waals surface area contributed by atoms with Gasteiger partial charge in [0.05, 0.1) is 12.1 Å². The van der Waals surface area contributed by atoms with Crippen LogP contribution in [-0.4, -0.2) is 23.3 Å². The van der Waals surface area contributed by atoms with Crippen molar-refractivity contribution in [1.29, 1.82) is 0 Å². The molecule has 144 valence electrons. The Hall–Kier alpha value is -2.28. The van der Waals surface area contributed by atoms with Crippen LogP contribution in [0.4, 0.5) is 10.5 Å². The summed E-state index contributed by atoms with van der Waals surface area (Å²) < 4.78 is 10.7. The number of ether oxygens (including phenoxy) is 1. The minimum Gasteiger partial charge on any atom is -0.495 e. The molecule has 0 atom stereocenters. The van der Waals surface area contributed by atoms with Gasteiger partial charge in [-0.05, 0) is 43.9 Å². The first-order valence-corrected chi connectivity index (χ1v) is 9.74. The highest BCUT2D eigenvalue weighted by molar-refractivity contribution is 6.32. The topological polar surface area (TPSA) is 89.3 Å². The maximum absolute atomic E-state index is 12.7. The van der Waals surface area contributed by atoms with E-state index in [-0.39, 0.29) is 6.03 Å². The molecule has 2 N–H and O–H groups in total. The van der Waals surface area contributed by atoms with Gasteiger partial charge in [-0.3, -0.25) is 0 Å². The van der Waals surface area contributed by atoms with Crippen LogP contribution in [0.2, 0.25) is 5.02 Å². The third kappa shape index (κ3) is 3.88. The Labute approximate surface area is 162 Å². The minimum atomic E-state index is -0.612. The van der Waals surface area contributed by atoms with Gasteiger partial charge in [0.15, 0.2) is 5.82 Å². The Kier molecular flexibility index (Phi) is 4.95. The molecule has 0 aliphatic heterocycles. The molecule has 0 bridgehead atoms. The molecule has 4 rings (SSSR count). The summed E-state index contributed by atoms with van der Waals surface area (Å²) in [7, 11) is 1.55. The van der Waals surface area contributed by atoms with Crippen molar-refractivity contribution in [2.24, 2.45) is 0 Å². The number of methoxy groups -OCH3 is 1. The maximum Gasteiger partial charge on any atom is 0.320 e. The van der Waals surface area contributed by atoms with E-state index in [4.69, 9.17) is 20.9 Å². The molecule has 2 aliphatic rings. The van der Waals surface area contributed by atoms with Crippen LogP contribution in [0.15, 0.2) is 22.7 Å². The van der Waals surface area contributed by atoms with Crippen molar-refractivity contribution < 1.29 is 14.1 Å². The molecule has 1 aromatic heterocycles. The molecule has 2 aliphatic carbocycles. The van der Waals surface area contributed by atoms with Gasteiger partial charge in [0, 0.05) is 11.6 Å². The highest BCUT2D eigenvalue weighted by Crippen LogP contribution is 2.41. The van der Waals surface area contributed by atoms with Gasteiger partial charge in [-0.2, -0.15) is 4.98 Å². The van der Waals surface area contributed by atoms with E-state index < -0.39 is 5.54 Å². The zero-order valence-corrected chi connectivity index (χ0v) is 16.0. The second-order valence-corrected chi connectivity index (χ2v) is 7.71. The predicted octanol–water partition coefficient (Wildman–Crippen LogP) is 4.59. The van der Waals surface area contributed by atoms with E-state index >= 15 is 0 Å². The van der Waals surface area contributed by atoms with Crippen molar-refractivity contribution in [2.45, 2.75) is 56.4 Å². The van der Waals surface area contributed by atoms with Gasteiger partial charge in [-0.25, -0.2) is 4.79 Å². The van der Waals surface area contributed by atoms with Gasteiger partial charge in [-0.15, -0.1) is 0 Å². The number of hydrogen-bond donors (Lipinski definition) is 2. The summed E-state index contributed by atoms with van der Waals surface area (Å²) in [5.41, 5.74) is -0.0212. The number of hydrogen-bond acceptors (Lipinski definition) is 5. The van der Waals surface area contributed by atoms with Crippen molar-refractivity contribution in [1.82, 2.24) is 15.5 Å². The number of nitrogens with zero attached hydrogens (tertiary/aromatic N) is 2. The molecular formula is C19H23ClN4O3. The molecule has 27 heavy (non-hydrogen) atoms. The van der Waals surface area contributed by atoms with E-state index in [9.17, 15) is 4.79 Å². The molecule has 0 unspecified atom stereocenters. The summed E-state index contributed by atoms with van der Waals surface area (Å²) in [6, 6.07) is 4.80. The zero-order chi connectivity index (χ0) is 18.9. The fourth-order valence-electron chi connectivity index (χ4n) is 3.61. The largest absolute Gasteiger partial charge is 0.495 e. The number of urea groups is 1. The Morgan fingerprint density at radius 3 is 2.74 bits per heavy atom. The van der Waals surface area contributed by atoms with Crippen LogP contribution < -0.4 is 15.4 Å². The first-order valence-electron chi connectivity index (χ1n) is 9.36. The van der Waals surface area contributed by atoms with Crippen molar-refractivity contribution in [3.63, 3.8) is 0 Å². The summed E-state index contributed by atoms with van der Waals surface area (Å²) in [5, 5.41) is 10.5. The molecule has 2 amide bonds. The van der Waals surface area contributed by atoms with Crippen molar-refractivity contribution in [2.75, 3.05) is 12.4 Å². The summed E-state index contributed by atoms with van der Waals surface area (Å²) in [6.07, 6.45) is 6.96. The lowest BCUT2D eigenvalue weighted by atomic mass is 9.81. The van der Waals surface area contributed by atoms with Gasteiger partial charge in [-0.1, -0.05) is 36.0 Å². The molecule has 2 aromatic rings. The number of rotatable bonds is 5. The van der Waals surface area contributed by atoms with E-state index in [0.717, 1.165) is 50.8 Å². The normalized spacial score (nSPS) is 18.7. The van der Waals surface area contributed by atoms with Crippen LogP contribution in [0.25, 0.3) is 0 Å². The average molecular weight is 391 g/mol. The van der Waals surface area contributed by atoms with E-state index in [1.165, 1.54) is 0 Å². The number of anilines is 1. The fraction of sp³-hybridized carbons (Fsp3) is 0.526. The van der Waals surface area contributed by atoms with E-state index in [2.05, 4.69) is 20.8 Å². The Morgan fingerprint density at radius 2 is 2.07 bits per heavy atom. The van der Waals surface area contributed by atoms with Crippen LogP contribution in [0.3, 0.4) is 0 Å². The van der Waals surface area contributed by atoms with Crippen LogP contribution in [0.1, 0.15) is 62.6 Å². The van der Waals surface area contributed by atoms with Crippen molar-refractivity contribution in [3.8, 4) is 5.75 Å². The number of nitrogens with one attached hydrogen (secondary N) is 2. The van der Waals surface area contributed by atoms with Gasteiger partial charge in [0.25, 0.3) is 5.89 Å². The van der Waals surface area contributed by atoms with Crippen molar-refractivity contribution >= 4 is 23.3 Å². The van der Waals surface area contributed by atoms with Gasteiger partial charge in [0.1, 0.15) is 11.3 Å². The highest BCUT2D eigenvalue weighted by atomic mass is 35.5. The third-order valence-corrected chi connectivity index (χ3v) is 5.56. The SMILES string of the molecule is COc1ccc(NC(=O)NC2(c3nc(C4CC4)no3)CCCCC2)cc1Cl. The lowest BCUT2D eigenvalue weighted by Crippen LogP contribution is -2.49. The summed E-state index contributed by atoms with van der Waals surface area (Å²) in [5.74, 6) is 2.26. The molecule has 2 saturated carbocycles. The standard InChI is InChI=1S/C19H23ClN4O3/c1-26-15-8-7-13(11-14(15)20)21-18(25)23-19(9-3-2-4-10-19)17-22-16(24-27-17)12-5-6-12/h7-8,11-12H,2-6,9-10H2,1H3,(H2,21,23,25). The second-order valence-electron chi connectivity index (χ2n) is 7.30. The smallest absolute Gasteiger partial charge is 0.320 e. The Bertz CT molecular complexity index is 828. The molecular weight excluding hydrogens is 368 g/mol. The lowest BCUT2D eigenvalue weighted by Gasteiger charge is -2.34.